The molecule has 0 bridgehead atoms. The summed E-state index contributed by atoms with van der Waals surface area (Å²) >= 11 is 3.45. The van der Waals surface area contributed by atoms with Crippen LogP contribution in [0.4, 0.5) is 5.69 Å². The lowest BCUT2D eigenvalue weighted by molar-refractivity contribution is 0.101. The summed E-state index contributed by atoms with van der Waals surface area (Å²) in [6.07, 6.45) is 0. The average molecular weight is 463 g/mol. The second kappa shape index (κ2) is 8.51. The zero-order chi connectivity index (χ0) is 21.1. The van der Waals surface area contributed by atoms with Crippen LogP contribution in [0, 0.1) is 6.92 Å². The lowest BCUT2D eigenvalue weighted by atomic mass is 10.1. The van der Waals surface area contributed by atoms with Crippen LogP contribution in [0.25, 0.3) is 17.1 Å². The van der Waals surface area contributed by atoms with Gasteiger partial charge in [-0.25, -0.2) is 9.67 Å². The molecule has 0 aliphatic carbocycles. The van der Waals surface area contributed by atoms with Gasteiger partial charge in [-0.2, -0.15) is 0 Å². The van der Waals surface area contributed by atoms with Gasteiger partial charge < -0.3 is 10.1 Å². The van der Waals surface area contributed by atoms with Crippen molar-refractivity contribution >= 4 is 27.5 Å². The summed E-state index contributed by atoms with van der Waals surface area (Å²) in [5.41, 5.74) is 3.47. The van der Waals surface area contributed by atoms with Gasteiger partial charge in [-0.15, -0.1) is 5.10 Å². The minimum Gasteiger partial charge on any atom is -0.497 e. The number of nitrogens with one attached hydrogen (secondary N) is 1. The van der Waals surface area contributed by atoms with Crippen LogP contribution in [-0.4, -0.2) is 27.8 Å². The fourth-order valence-corrected chi connectivity index (χ4v) is 3.19. The van der Waals surface area contributed by atoms with E-state index < -0.39 is 0 Å². The van der Waals surface area contributed by atoms with E-state index in [-0.39, 0.29) is 11.7 Å². The van der Waals surface area contributed by atoms with Gasteiger partial charge >= 0.3 is 0 Å². The number of carbonyl (C=O) groups is 1. The fraction of sp³-hybridized carbons (Fsp3) is 0.0870. The molecule has 1 heterocycles. The van der Waals surface area contributed by atoms with Gasteiger partial charge in [0.2, 0.25) is 5.82 Å². The van der Waals surface area contributed by atoms with Crippen molar-refractivity contribution in [3.8, 4) is 22.8 Å². The van der Waals surface area contributed by atoms with Crippen molar-refractivity contribution in [2.75, 3.05) is 12.4 Å². The van der Waals surface area contributed by atoms with E-state index in [4.69, 9.17) is 4.74 Å². The normalized spacial score (nSPS) is 10.6. The monoisotopic (exact) mass is 462 g/mol. The number of halogens is 1. The number of aromatic nitrogens is 3. The lowest BCUT2D eigenvalue weighted by Gasteiger charge is -2.06. The molecular formula is C23H19BrN4O2. The molecule has 4 rings (SSSR count). The topological polar surface area (TPSA) is 69.0 Å². The van der Waals surface area contributed by atoms with E-state index in [1.54, 1.807) is 36.1 Å². The molecule has 30 heavy (non-hydrogen) atoms. The van der Waals surface area contributed by atoms with Crippen LogP contribution >= 0.6 is 15.9 Å². The maximum Gasteiger partial charge on any atom is 0.295 e. The van der Waals surface area contributed by atoms with Crippen LogP contribution in [0.5, 0.6) is 5.75 Å². The van der Waals surface area contributed by atoms with Crippen molar-refractivity contribution in [3.63, 3.8) is 0 Å². The Hall–Kier alpha value is -3.45. The zero-order valence-corrected chi connectivity index (χ0v) is 18.1. The Morgan fingerprint density at radius 2 is 1.63 bits per heavy atom. The van der Waals surface area contributed by atoms with Gasteiger partial charge in [0.15, 0.2) is 5.82 Å². The molecule has 0 saturated heterocycles. The van der Waals surface area contributed by atoms with Crippen molar-refractivity contribution in [1.82, 2.24) is 14.8 Å². The quantitative estimate of drug-likeness (QED) is 0.438. The van der Waals surface area contributed by atoms with E-state index in [0.717, 1.165) is 21.3 Å². The number of benzene rings is 3. The summed E-state index contributed by atoms with van der Waals surface area (Å²) in [6.45, 7) is 2.02. The third-order valence-electron chi connectivity index (χ3n) is 4.54. The van der Waals surface area contributed by atoms with E-state index in [1.807, 2.05) is 55.5 Å². The molecule has 0 aliphatic heterocycles. The van der Waals surface area contributed by atoms with Gasteiger partial charge in [0.05, 0.1) is 12.8 Å². The molecule has 3 aromatic carbocycles. The molecular weight excluding hydrogens is 444 g/mol. The largest absolute Gasteiger partial charge is 0.497 e. The third-order valence-corrected chi connectivity index (χ3v) is 5.07. The molecule has 0 saturated carbocycles. The highest BCUT2D eigenvalue weighted by Gasteiger charge is 2.19. The van der Waals surface area contributed by atoms with E-state index >= 15 is 0 Å². The minimum absolute atomic E-state index is 0.0873. The Bertz CT molecular complexity index is 1100. The summed E-state index contributed by atoms with van der Waals surface area (Å²) in [7, 11) is 1.60. The first-order valence-electron chi connectivity index (χ1n) is 9.29. The summed E-state index contributed by atoms with van der Waals surface area (Å²) < 4.78 is 7.79. The Morgan fingerprint density at radius 3 is 2.27 bits per heavy atom. The number of amides is 1. The Morgan fingerprint density at radius 1 is 0.967 bits per heavy atom. The second-order valence-corrected chi connectivity index (χ2v) is 7.61. The molecule has 1 amide bonds. The minimum atomic E-state index is -0.385. The number of anilines is 1. The predicted molar refractivity (Wildman–Crippen MR) is 120 cm³/mol. The van der Waals surface area contributed by atoms with Crippen LogP contribution in [0.15, 0.2) is 77.3 Å². The van der Waals surface area contributed by atoms with Crippen molar-refractivity contribution < 1.29 is 9.53 Å². The molecule has 0 aliphatic rings. The molecule has 0 radical (unpaired) electrons. The number of hydrogen-bond acceptors (Lipinski definition) is 4. The first kappa shape index (κ1) is 19.8. The van der Waals surface area contributed by atoms with Gasteiger partial charge in [-0.3, -0.25) is 4.79 Å². The van der Waals surface area contributed by atoms with Crippen molar-refractivity contribution in [2.45, 2.75) is 6.92 Å². The standard InChI is InChI=1S/C23H19BrN4O2/c1-15-3-5-16(6-4-15)22-26-21(27-28(22)19-11-7-17(24)8-12-19)23(29)25-18-9-13-20(30-2)14-10-18/h3-14H,1-2H3,(H,25,29). The van der Waals surface area contributed by atoms with Gasteiger partial charge in [0, 0.05) is 15.7 Å². The molecule has 0 spiro atoms. The SMILES string of the molecule is COc1ccc(NC(=O)c2nc(-c3ccc(C)cc3)n(-c3ccc(Br)cc3)n2)cc1. The summed E-state index contributed by atoms with van der Waals surface area (Å²) in [6, 6.07) is 22.7. The summed E-state index contributed by atoms with van der Waals surface area (Å²) in [5.74, 6) is 1.01. The molecule has 150 valence electrons. The third kappa shape index (κ3) is 4.26. The molecule has 1 N–H and O–H groups in total. The summed E-state index contributed by atoms with van der Waals surface area (Å²) in [5, 5.41) is 7.32. The van der Waals surface area contributed by atoms with Gasteiger partial charge in [-0.05, 0) is 55.5 Å². The van der Waals surface area contributed by atoms with Crippen molar-refractivity contribution in [2.24, 2.45) is 0 Å². The van der Waals surface area contributed by atoms with Crippen LogP contribution in [0.2, 0.25) is 0 Å². The zero-order valence-electron chi connectivity index (χ0n) is 16.5. The maximum atomic E-state index is 12.8. The van der Waals surface area contributed by atoms with Crippen LogP contribution in [0.3, 0.4) is 0 Å². The number of hydrogen-bond donors (Lipinski definition) is 1. The number of rotatable bonds is 5. The fourth-order valence-electron chi connectivity index (χ4n) is 2.92. The average Bonchev–Trinajstić information content (AvgIpc) is 3.21. The van der Waals surface area contributed by atoms with Gasteiger partial charge in [-0.1, -0.05) is 45.8 Å². The van der Waals surface area contributed by atoms with Crippen molar-refractivity contribution in [3.05, 3.63) is 88.7 Å². The highest BCUT2D eigenvalue weighted by atomic mass is 79.9. The lowest BCUT2D eigenvalue weighted by Crippen LogP contribution is -2.14. The van der Waals surface area contributed by atoms with E-state index in [1.165, 1.54) is 0 Å². The molecule has 0 fully saturated rings. The number of carbonyl (C=O) groups excluding carboxylic acids is 1. The first-order chi connectivity index (χ1) is 14.5. The van der Waals surface area contributed by atoms with Crippen molar-refractivity contribution in [1.29, 1.82) is 0 Å². The van der Waals surface area contributed by atoms with Crippen LogP contribution < -0.4 is 10.1 Å². The Labute approximate surface area is 182 Å². The van der Waals surface area contributed by atoms with Crippen LogP contribution in [-0.2, 0) is 0 Å². The highest BCUT2D eigenvalue weighted by Crippen LogP contribution is 2.23. The first-order valence-corrected chi connectivity index (χ1v) is 10.1. The number of nitrogens with zero attached hydrogens (tertiary/aromatic N) is 3. The van der Waals surface area contributed by atoms with Gasteiger partial charge in [0.1, 0.15) is 5.75 Å². The smallest absolute Gasteiger partial charge is 0.295 e. The van der Waals surface area contributed by atoms with E-state index in [9.17, 15) is 4.79 Å². The Kier molecular flexibility index (Phi) is 5.63. The molecule has 7 heteroatoms. The molecule has 0 unspecified atom stereocenters. The van der Waals surface area contributed by atoms with Crippen LogP contribution in [0.1, 0.15) is 16.2 Å². The molecule has 6 nitrogen and oxygen atoms in total. The highest BCUT2D eigenvalue weighted by molar-refractivity contribution is 9.10. The molecule has 0 atom stereocenters. The van der Waals surface area contributed by atoms with Gasteiger partial charge in [0.25, 0.3) is 5.91 Å². The molecule has 1 aromatic heterocycles. The Balaban J connectivity index is 1.71. The second-order valence-electron chi connectivity index (χ2n) is 6.70. The molecule has 4 aromatic rings. The summed E-state index contributed by atoms with van der Waals surface area (Å²) in [4.78, 5) is 17.4. The number of ether oxygens (including phenoxy) is 1. The van der Waals surface area contributed by atoms with E-state index in [0.29, 0.717) is 17.3 Å². The maximum absolute atomic E-state index is 12.8. The predicted octanol–water partition coefficient (Wildman–Crippen LogP) is 5.27. The number of methoxy groups -OCH3 is 1. The van der Waals surface area contributed by atoms with E-state index in [2.05, 4.69) is 31.3 Å². The number of aryl methyl sites for hydroxylation is 1.